The minimum absolute atomic E-state index is 0.0392. The number of nitrogens with two attached hydrogens (primary N) is 1. The molecular weight excluding hydrogens is 292 g/mol. The number of rotatable bonds is 5. The van der Waals surface area contributed by atoms with E-state index < -0.39 is 16.1 Å². The van der Waals surface area contributed by atoms with Crippen molar-refractivity contribution in [2.45, 2.75) is 37.2 Å². The number of fused-ring (bicyclic) bond motifs is 1. The molecular formula is C14H20N2O4S. The molecule has 0 saturated carbocycles. The molecule has 7 heteroatoms. The highest BCUT2D eigenvalue weighted by Crippen LogP contribution is 2.31. The molecule has 1 aliphatic heterocycles. The van der Waals surface area contributed by atoms with Gasteiger partial charge < -0.3 is 9.64 Å². The number of likely N-dealkylation sites (N-methyl/N-ethyl adjacent to an activating group) is 1. The number of nitrogens with zero attached hydrogens (tertiary/aromatic N) is 1. The van der Waals surface area contributed by atoms with Crippen LogP contribution in [0.3, 0.4) is 0 Å². The highest BCUT2D eigenvalue weighted by molar-refractivity contribution is 7.89. The Labute approximate surface area is 124 Å². The molecule has 1 amide bonds. The van der Waals surface area contributed by atoms with Crippen LogP contribution in [0.1, 0.15) is 25.3 Å². The maximum Gasteiger partial charge on any atom is 0.263 e. The highest BCUT2D eigenvalue weighted by Gasteiger charge is 2.31. The van der Waals surface area contributed by atoms with E-state index in [1.165, 1.54) is 12.1 Å². The number of primary sulfonamides is 1. The average molecular weight is 312 g/mol. The van der Waals surface area contributed by atoms with E-state index >= 15 is 0 Å². The fourth-order valence-corrected chi connectivity index (χ4v) is 2.86. The molecule has 1 atom stereocenters. The van der Waals surface area contributed by atoms with Crippen LogP contribution in [0.4, 0.5) is 0 Å². The molecule has 0 radical (unpaired) electrons. The number of ether oxygens (including phenoxy) is 1. The normalized spacial score (nSPS) is 17.2. The average Bonchev–Trinajstić information content (AvgIpc) is 2.85. The van der Waals surface area contributed by atoms with Crippen molar-refractivity contribution in [1.29, 1.82) is 0 Å². The highest BCUT2D eigenvalue weighted by atomic mass is 32.2. The number of carbonyl (C=O) groups excluding carboxylic acids is 1. The predicted octanol–water partition coefficient (Wildman–Crippen LogP) is 0.896. The van der Waals surface area contributed by atoms with Gasteiger partial charge in [0.2, 0.25) is 10.0 Å². The van der Waals surface area contributed by atoms with Gasteiger partial charge in [0, 0.05) is 20.0 Å². The van der Waals surface area contributed by atoms with Gasteiger partial charge >= 0.3 is 0 Å². The number of unbranched alkanes of at least 4 members (excludes halogenated alkanes) is 1. The van der Waals surface area contributed by atoms with Gasteiger partial charge in [-0.1, -0.05) is 13.3 Å². The first-order valence-electron chi connectivity index (χ1n) is 6.90. The third kappa shape index (κ3) is 3.54. The summed E-state index contributed by atoms with van der Waals surface area (Å²) in [5.41, 5.74) is 0.698. The van der Waals surface area contributed by atoms with Gasteiger partial charge in [0.1, 0.15) is 5.75 Å². The first-order chi connectivity index (χ1) is 9.82. The molecule has 21 heavy (non-hydrogen) atoms. The van der Waals surface area contributed by atoms with Crippen LogP contribution in [0.25, 0.3) is 0 Å². The molecule has 116 valence electrons. The van der Waals surface area contributed by atoms with Gasteiger partial charge in [0.15, 0.2) is 6.10 Å². The number of hydrogen-bond donors (Lipinski definition) is 1. The third-order valence-electron chi connectivity index (χ3n) is 3.53. The van der Waals surface area contributed by atoms with Crippen molar-refractivity contribution >= 4 is 15.9 Å². The summed E-state index contributed by atoms with van der Waals surface area (Å²) in [5, 5.41) is 5.10. The molecule has 0 aromatic heterocycles. The fraction of sp³-hybridized carbons (Fsp3) is 0.500. The lowest BCUT2D eigenvalue weighted by molar-refractivity contribution is -0.136. The van der Waals surface area contributed by atoms with Crippen LogP contribution in [0.5, 0.6) is 5.75 Å². The van der Waals surface area contributed by atoms with Crippen molar-refractivity contribution in [1.82, 2.24) is 4.90 Å². The molecule has 0 spiro atoms. The molecule has 0 saturated heterocycles. The van der Waals surface area contributed by atoms with Gasteiger partial charge in [0.05, 0.1) is 4.90 Å². The topological polar surface area (TPSA) is 89.7 Å². The zero-order valence-corrected chi connectivity index (χ0v) is 13.0. The molecule has 0 bridgehead atoms. The Morgan fingerprint density at radius 1 is 1.48 bits per heavy atom. The molecule has 2 N–H and O–H groups in total. The van der Waals surface area contributed by atoms with E-state index in [-0.39, 0.29) is 10.8 Å². The predicted molar refractivity (Wildman–Crippen MR) is 78.5 cm³/mol. The second kappa shape index (κ2) is 6.03. The Bertz CT molecular complexity index is 642. The first kappa shape index (κ1) is 15.8. The number of benzene rings is 1. The van der Waals surface area contributed by atoms with E-state index in [0.717, 1.165) is 12.8 Å². The fourth-order valence-electron chi connectivity index (χ4n) is 2.29. The lowest BCUT2D eigenvalue weighted by Crippen LogP contribution is -2.39. The Morgan fingerprint density at radius 3 is 2.81 bits per heavy atom. The molecule has 1 heterocycles. The van der Waals surface area contributed by atoms with Crippen LogP contribution < -0.4 is 9.88 Å². The van der Waals surface area contributed by atoms with Crippen molar-refractivity contribution in [3.63, 3.8) is 0 Å². The molecule has 1 aliphatic rings. The Kier molecular flexibility index (Phi) is 4.53. The summed E-state index contributed by atoms with van der Waals surface area (Å²) in [4.78, 5) is 14.0. The van der Waals surface area contributed by atoms with Crippen LogP contribution in [0, 0.1) is 0 Å². The number of hydrogen-bond acceptors (Lipinski definition) is 4. The van der Waals surface area contributed by atoms with Gasteiger partial charge in [-0.2, -0.15) is 0 Å². The molecule has 1 unspecified atom stereocenters. The second-order valence-corrected chi connectivity index (χ2v) is 6.80. The molecule has 1 aromatic carbocycles. The van der Waals surface area contributed by atoms with Gasteiger partial charge in [-0.05, 0) is 30.2 Å². The van der Waals surface area contributed by atoms with Crippen molar-refractivity contribution in [3.8, 4) is 5.75 Å². The van der Waals surface area contributed by atoms with E-state index in [4.69, 9.17) is 9.88 Å². The van der Waals surface area contributed by atoms with Crippen LogP contribution in [0.2, 0.25) is 0 Å². The van der Waals surface area contributed by atoms with Gasteiger partial charge in [0.25, 0.3) is 5.91 Å². The van der Waals surface area contributed by atoms with Gasteiger partial charge in [-0.15, -0.1) is 0 Å². The van der Waals surface area contributed by atoms with Crippen molar-refractivity contribution < 1.29 is 17.9 Å². The Hall–Kier alpha value is -1.60. The Balaban J connectivity index is 2.11. The zero-order chi connectivity index (χ0) is 15.6. The summed E-state index contributed by atoms with van der Waals surface area (Å²) in [6.45, 7) is 2.75. The van der Waals surface area contributed by atoms with Gasteiger partial charge in [-0.3, -0.25) is 4.79 Å². The minimum atomic E-state index is -3.74. The minimum Gasteiger partial charge on any atom is -0.480 e. The van der Waals surface area contributed by atoms with E-state index in [0.29, 0.717) is 24.3 Å². The number of sulfonamides is 1. The summed E-state index contributed by atoms with van der Waals surface area (Å²) in [7, 11) is -1.99. The summed E-state index contributed by atoms with van der Waals surface area (Å²) in [6.07, 6.45) is 1.74. The van der Waals surface area contributed by atoms with E-state index in [1.54, 1.807) is 18.0 Å². The largest absolute Gasteiger partial charge is 0.480 e. The van der Waals surface area contributed by atoms with Crippen molar-refractivity contribution in [2.24, 2.45) is 5.14 Å². The lowest BCUT2D eigenvalue weighted by Gasteiger charge is -2.20. The number of amides is 1. The van der Waals surface area contributed by atoms with E-state index in [2.05, 4.69) is 6.92 Å². The molecule has 1 aromatic rings. The second-order valence-electron chi connectivity index (χ2n) is 5.24. The van der Waals surface area contributed by atoms with E-state index in [9.17, 15) is 13.2 Å². The van der Waals surface area contributed by atoms with E-state index in [1.807, 2.05) is 0 Å². The smallest absolute Gasteiger partial charge is 0.263 e. The maximum atomic E-state index is 12.3. The molecule has 0 aliphatic carbocycles. The molecule has 2 rings (SSSR count). The van der Waals surface area contributed by atoms with Crippen LogP contribution in [-0.4, -0.2) is 38.9 Å². The maximum absolute atomic E-state index is 12.3. The van der Waals surface area contributed by atoms with Gasteiger partial charge in [-0.25, -0.2) is 13.6 Å². The number of carbonyl (C=O) groups is 1. The molecule has 0 fully saturated rings. The summed E-state index contributed by atoms with van der Waals surface area (Å²) >= 11 is 0. The summed E-state index contributed by atoms with van der Waals surface area (Å²) < 4.78 is 28.3. The quantitative estimate of drug-likeness (QED) is 0.874. The molecule has 6 nitrogen and oxygen atoms in total. The standard InChI is InChI=1S/C14H20N2O4S/c1-3-4-7-16(2)14(17)13-9-10-8-11(21(15,18)19)5-6-12(10)20-13/h5-6,8,13H,3-4,7,9H2,1-2H3,(H2,15,18,19). The summed E-state index contributed by atoms with van der Waals surface area (Å²) in [6, 6.07) is 4.42. The van der Waals surface area contributed by atoms with Crippen LogP contribution in [-0.2, 0) is 21.2 Å². The summed E-state index contributed by atoms with van der Waals surface area (Å²) in [5.74, 6) is 0.460. The Morgan fingerprint density at radius 2 is 2.19 bits per heavy atom. The first-order valence-corrected chi connectivity index (χ1v) is 8.45. The lowest BCUT2D eigenvalue weighted by atomic mass is 10.1. The van der Waals surface area contributed by atoms with Crippen LogP contribution >= 0.6 is 0 Å². The van der Waals surface area contributed by atoms with Crippen LogP contribution in [0.15, 0.2) is 23.1 Å². The SMILES string of the molecule is CCCCN(C)C(=O)C1Cc2cc(S(N)(=O)=O)ccc2O1. The van der Waals surface area contributed by atoms with Crippen molar-refractivity contribution in [2.75, 3.05) is 13.6 Å². The monoisotopic (exact) mass is 312 g/mol. The zero-order valence-electron chi connectivity index (χ0n) is 12.2. The third-order valence-corrected chi connectivity index (χ3v) is 4.44. The van der Waals surface area contributed by atoms with Crippen molar-refractivity contribution in [3.05, 3.63) is 23.8 Å².